The molecule has 1 heterocycles. The maximum absolute atomic E-state index is 5.83. The number of nitrogens with zero attached hydrogens (tertiary/aromatic N) is 2. The van der Waals surface area contributed by atoms with E-state index in [1.165, 1.54) is 36.5 Å². The summed E-state index contributed by atoms with van der Waals surface area (Å²) in [6, 6.07) is 8.97. The van der Waals surface area contributed by atoms with Gasteiger partial charge >= 0.3 is 0 Å². The number of nitrogens with two attached hydrogens (primary N) is 1. The average molecular weight is 334 g/mol. The van der Waals surface area contributed by atoms with Crippen molar-refractivity contribution in [1.82, 2.24) is 4.98 Å². The highest BCUT2D eigenvalue weighted by Gasteiger charge is 2.24. The van der Waals surface area contributed by atoms with Crippen molar-refractivity contribution < 1.29 is 0 Å². The molecule has 3 rings (SSSR count). The fourth-order valence-corrected chi connectivity index (χ4v) is 3.70. The zero-order chi connectivity index (χ0) is 13.9. The van der Waals surface area contributed by atoms with Crippen molar-refractivity contribution in [2.75, 3.05) is 18.0 Å². The van der Waals surface area contributed by atoms with E-state index in [0.29, 0.717) is 12.6 Å². The van der Waals surface area contributed by atoms with Crippen molar-refractivity contribution in [2.24, 2.45) is 5.73 Å². The van der Waals surface area contributed by atoms with E-state index in [4.69, 9.17) is 5.73 Å². The molecule has 1 saturated carbocycles. The maximum Gasteiger partial charge on any atom is 0.136 e. The number of aromatic nitrogens is 1. The smallest absolute Gasteiger partial charge is 0.136 e. The molecule has 0 atom stereocenters. The second-order valence-corrected chi connectivity index (χ2v) is 6.24. The first kappa shape index (κ1) is 13.8. The molecule has 1 aliphatic rings. The molecule has 1 aliphatic carbocycles. The van der Waals surface area contributed by atoms with Gasteiger partial charge in [0.15, 0.2) is 0 Å². The molecule has 1 aromatic heterocycles. The Balaban J connectivity index is 2.08. The number of anilines is 1. The molecule has 2 aromatic rings. The third-order valence-electron chi connectivity index (χ3n) is 4.14. The highest BCUT2D eigenvalue weighted by molar-refractivity contribution is 9.10. The molecule has 1 fully saturated rings. The highest BCUT2D eigenvalue weighted by Crippen LogP contribution is 2.33. The summed E-state index contributed by atoms with van der Waals surface area (Å²) in [7, 11) is 0. The topological polar surface area (TPSA) is 42.1 Å². The molecule has 1 aromatic carbocycles. The molecular formula is C16H20BrN3. The number of hydrogen-bond acceptors (Lipinski definition) is 3. The first-order valence-corrected chi connectivity index (χ1v) is 8.10. The molecule has 4 heteroatoms. The Bertz CT molecular complexity index is 593. The van der Waals surface area contributed by atoms with Gasteiger partial charge in [0.05, 0.1) is 0 Å². The van der Waals surface area contributed by atoms with Gasteiger partial charge in [0.1, 0.15) is 5.82 Å². The Morgan fingerprint density at radius 2 is 2.00 bits per heavy atom. The molecule has 0 spiro atoms. The minimum Gasteiger partial charge on any atom is -0.352 e. The van der Waals surface area contributed by atoms with Gasteiger partial charge in [0, 0.05) is 40.6 Å². The van der Waals surface area contributed by atoms with Crippen LogP contribution in [0.15, 0.2) is 34.9 Å². The SMILES string of the molecule is NCCN(c1nccc2c(Br)cccc12)C1CCCC1. The molecule has 2 N–H and O–H groups in total. The van der Waals surface area contributed by atoms with Crippen molar-refractivity contribution in [3.63, 3.8) is 0 Å². The van der Waals surface area contributed by atoms with Gasteiger partial charge in [-0.15, -0.1) is 0 Å². The maximum atomic E-state index is 5.83. The van der Waals surface area contributed by atoms with Crippen molar-refractivity contribution in [3.8, 4) is 0 Å². The lowest BCUT2D eigenvalue weighted by atomic mass is 10.1. The van der Waals surface area contributed by atoms with E-state index in [0.717, 1.165) is 16.8 Å². The van der Waals surface area contributed by atoms with Crippen LogP contribution < -0.4 is 10.6 Å². The predicted molar refractivity (Wildman–Crippen MR) is 88.1 cm³/mol. The van der Waals surface area contributed by atoms with Crippen LogP contribution >= 0.6 is 15.9 Å². The van der Waals surface area contributed by atoms with Crippen LogP contribution in [0.4, 0.5) is 5.82 Å². The molecule has 0 saturated heterocycles. The summed E-state index contributed by atoms with van der Waals surface area (Å²) < 4.78 is 1.12. The normalized spacial score (nSPS) is 15.9. The zero-order valence-corrected chi connectivity index (χ0v) is 13.1. The number of fused-ring (bicyclic) bond motifs is 1. The van der Waals surface area contributed by atoms with Crippen LogP contribution in [0.25, 0.3) is 10.8 Å². The molecule has 20 heavy (non-hydrogen) atoms. The van der Waals surface area contributed by atoms with Crippen LogP contribution in [-0.4, -0.2) is 24.1 Å². The van der Waals surface area contributed by atoms with Crippen LogP contribution in [0.2, 0.25) is 0 Å². The van der Waals surface area contributed by atoms with Gasteiger partial charge < -0.3 is 10.6 Å². The number of pyridine rings is 1. The van der Waals surface area contributed by atoms with Gasteiger partial charge in [-0.25, -0.2) is 4.98 Å². The molecular weight excluding hydrogens is 314 g/mol. The van der Waals surface area contributed by atoms with E-state index in [1.54, 1.807) is 0 Å². The van der Waals surface area contributed by atoms with Gasteiger partial charge in [-0.2, -0.15) is 0 Å². The number of halogens is 1. The lowest BCUT2D eigenvalue weighted by molar-refractivity contribution is 0.604. The van der Waals surface area contributed by atoms with Crippen LogP contribution in [0.3, 0.4) is 0 Å². The molecule has 0 unspecified atom stereocenters. The fourth-order valence-electron chi connectivity index (χ4n) is 3.20. The molecule has 0 amide bonds. The van der Waals surface area contributed by atoms with Gasteiger partial charge in [-0.05, 0) is 25.0 Å². The van der Waals surface area contributed by atoms with Crippen molar-refractivity contribution >= 4 is 32.5 Å². The van der Waals surface area contributed by atoms with Gasteiger partial charge in [0.25, 0.3) is 0 Å². The van der Waals surface area contributed by atoms with Crippen LogP contribution in [-0.2, 0) is 0 Å². The minimum absolute atomic E-state index is 0.593. The third-order valence-corrected chi connectivity index (χ3v) is 4.83. The van der Waals surface area contributed by atoms with Gasteiger partial charge in [0.2, 0.25) is 0 Å². The van der Waals surface area contributed by atoms with E-state index in [2.05, 4.69) is 50.1 Å². The Hall–Kier alpha value is -1.13. The molecule has 0 bridgehead atoms. The van der Waals surface area contributed by atoms with E-state index >= 15 is 0 Å². The second kappa shape index (κ2) is 6.10. The minimum atomic E-state index is 0.593. The molecule has 0 radical (unpaired) electrons. The third kappa shape index (κ3) is 2.54. The lowest BCUT2D eigenvalue weighted by Crippen LogP contribution is -2.38. The van der Waals surface area contributed by atoms with E-state index in [9.17, 15) is 0 Å². The van der Waals surface area contributed by atoms with Crippen molar-refractivity contribution in [3.05, 3.63) is 34.9 Å². The number of hydrogen-bond donors (Lipinski definition) is 1. The summed E-state index contributed by atoms with van der Waals surface area (Å²) in [5, 5.41) is 2.43. The molecule has 0 aliphatic heterocycles. The fraction of sp³-hybridized carbons (Fsp3) is 0.438. The summed E-state index contributed by atoms with van der Waals surface area (Å²) in [4.78, 5) is 7.08. The van der Waals surface area contributed by atoms with Crippen LogP contribution in [0.1, 0.15) is 25.7 Å². The largest absolute Gasteiger partial charge is 0.352 e. The summed E-state index contributed by atoms with van der Waals surface area (Å²) in [6.45, 7) is 1.55. The molecule has 3 nitrogen and oxygen atoms in total. The first-order valence-electron chi connectivity index (χ1n) is 7.31. The monoisotopic (exact) mass is 333 g/mol. The summed E-state index contributed by atoms with van der Waals surface area (Å²) in [6.07, 6.45) is 7.05. The van der Waals surface area contributed by atoms with E-state index in [1.807, 2.05) is 6.20 Å². The second-order valence-electron chi connectivity index (χ2n) is 5.39. The van der Waals surface area contributed by atoms with Crippen molar-refractivity contribution in [2.45, 2.75) is 31.7 Å². The summed E-state index contributed by atoms with van der Waals surface area (Å²) in [5.74, 6) is 1.08. The number of benzene rings is 1. The standard InChI is InChI=1S/C16H20BrN3/c17-15-7-3-6-14-13(15)8-10-19-16(14)20(11-9-18)12-4-1-2-5-12/h3,6-8,10,12H,1-2,4-5,9,11,18H2. The lowest BCUT2D eigenvalue weighted by Gasteiger charge is -2.30. The first-order chi connectivity index (χ1) is 9.81. The summed E-state index contributed by atoms with van der Waals surface area (Å²) in [5.41, 5.74) is 5.83. The molecule has 106 valence electrons. The van der Waals surface area contributed by atoms with E-state index < -0.39 is 0 Å². The Morgan fingerprint density at radius 3 is 2.75 bits per heavy atom. The number of rotatable bonds is 4. The Morgan fingerprint density at radius 1 is 1.20 bits per heavy atom. The van der Waals surface area contributed by atoms with Gasteiger partial charge in [-0.1, -0.05) is 40.9 Å². The Kier molecular flexibility index (Phi) is 4.22. The predicted octanol–water partition coefficient (Wildman–Crippen LogP) is 3.71. The van der Waals surface area contributed by atoms with E-state index in [-0.39, 0.29) is 0 Å². The van der Waals surface area contributed by atoms with Gasteiger partial charge in [-0.3, -0.25) is 0 Å². The summed E-state index contributed by atoms with van der Waals surface area (Å²) >= 11 is 3.63. The Labute approximate surface area is 128 Å². The van der Waals surface area contributed by atoms with Crippen LogP contribution in [0, 0.1) is 0 Å². The van der Waals surface area contributed by atoms with Crippen molar-refractivity contribution in [1.29, 1.82) is 0 Å². The highest BCUT2D eigenvalue weighted by atomic mass is 79.9. The average Bonchev–Trinajstić information content (AvgIpc) is 2.99. The quantitative estimate of drug-likeness (QED) is 0.927. The zero-order valence-electron chi connectivity index (χ0n) is 11.6. The van der Waals surface area contributed by atoms with Crippen LogP contribution in [0.5, 0.6) is 0 Å².